The van der Waals surface area contributed by atoms with Gasteiger partial charge in [-0.25, -0.2) is 4.98 Å². The Kier molecular flexibility index (Phi) is 3.84. The van der Waals surface area contributed by atoms with Gasteiger partial charge in [0.15, 0.2) is 0 Å². The molecule has 0 aliphatic carbocycles. The van der Waals surface area contributed by atoms with Crippen LogP contribution < -0.4 is 0 Å². The van der Waals surface area contributed by atoms with E-state index in [0.717, 1.165) is 5.82 Å². The molecule has 1 aromatic heterocycles. The fraction of sp³-hybridized carbons (Fsp3) is 0.600. The second-order valence-electron chi connectivity index (χ2n) is 1.07. The first-order valence-electron chi connectivity index (χ1n) is 2.71. The van der Waals surface area contributed by atoms with Crippen LogP contribution in [0.5, 0.6) is 0 Å². The van der Waals surface area contributed by atoms with Crippen molar-refractivity contribution in [3.63, 3.8) is 0 Å². The molecule has 0 radical (unpaired) electrons. The summed E-state index contributed by atoms with van der Waals surface area (Å²) < 4.78 is 0. The molecule has 48 valence electrons. The van der Waals surface area contributed by atoms with Crippen molar-refractivity contribution in [1.29, 1.82) is 0 Å². The van der Waals surface area contributed by atoms with E-state index in [2.05, 4.69) is 15.2 Å². The van der Waals surface area contributed by atoms with E-state index < -0.39 is 0 Å². The van der Waals surface area contributed by atoms with Crippen molar-refractivity contribution in [2.75, 3.05) is 0 Å². The average Bonchev–Trinajstić information content (AvgIpc) is 2.24. The number of nitrogens with one attached hydrogen (secondary N) is 1. The van der Waals surface area contributed by atoms with Gasteiger partial charge in [0.25, 0.3) is 0 Å². The quantitative estimate of drug-likeness (QED) is 0.555. The van der Waals surface area contributed by atoms with Crippen molar-refractivity contribution in [2.24, 2.45) is 0 Å². The molecule has 1 heterocycles. The van der Waals surface area contributed by atoms with Crippen molar-refractivity contribution in [1.82, 2.24) is 15.2 Å². The van der Waals surface area contributed by atoms with Gasteiger partial charge in [0.1, 0.15) is 12.2 Å². The van der Waals surface area contributed by atoms with E-state index in [0.29, 0.717) is 0 Å². The third-order valence-electron chi connectivity index (χ3n) is 0.535. The highest BCUT2D eigenvalue weighted by Crippen LogP contribution is 1.73. The Labute approximate surface area is 50.6 Å². The standard InChI is InChI=1S/C3H5N3.C2H6.H2/c1-3-4-2-5-6-3;1-2;/h2H,1H3,(H,4,5,6);1-2H3;1H. The minimum atomic E-state index is 0. The Morgan fingerprint density at radius 1 is 1.62 bits per heavy atom. The molecule has 1 N–H and O–H groups in total. The second-order valence-corrected chi connectivity index (χ2v) is 1.07. The van der Waals surface area contributed by atoms with Crippen LogP contribution >= 0.6 is 0 Å². The van der Waals surface area contributed by atoms with Gasteiger partial charge in [0.2, 0.25) is 0 Å². The van der Waals surface area contributed by atoms with Crippen LogP contribution in [0.4, 0.5) is 0 Å². The molecule has 3 nitrogen and oxygen atoms in total. The highest BCUT2D eigenvalue weighted by Gasteiger charge is 1.75. The zero-order chi connectivity index (χ0) is 6.41. The largest absolute Gasteiger partial charge is 0.264 e. The SMILES string of the molecule is CC.Cc1ncn[nH]1.[HH]. The van der Waals surface area contributed by atoms with Gasteiger partial charge >= 0.3 is 0 Å². The molecular formula is C5H13N3. The van der Waals surface area contributed by atoms with E-state index in [4.69, 9.17) is 0 Å². The molecule has 0 aliphatic rings. The molecule has 0 atom stereocenters. The molecule has 8 heavy (non-hydrogen) atoms. The van der Waals surface area contributed by atoms with Crippen molar-refractivity contribution >= 4 is 0 Å². The lowest BCUT2D eigenvalue weighted by molar-refractivity contribution is 1.04. The fourth-order valence-corrected chi connectivity index (χ4v) is 0.267. The first-order chi connectivity index (χ1) is 3.89. The van der Waals surface area contributed by atoms with Gasteiger partial charge in [-0.3, -0.25) is 5.10 Å². The third kappa shape index (κ3) is 2.34. The summed E-state index contributed by atoms with van der Waals surface area (Å²) in [7, 11) is 0. The molecule has 0 spiro atoms. The summed E-state index contributed by atoms with van der Waals surface area (Å²) in [6, 6.07) is 0. The lowest BCUT2D eigenvalue weighted by Gasteiger charge is -1.66. The van der Waals surface area contributed by atoms with Crippen molar-refractivity contribution in [2.45, 2.75) is 20.8 Å². The van der Waals surface area contributed by atoms with E-state index in [1.54, 1.807) is 0 Å². The van der Waals surface area contributed by atoms with Crippen LogP contribution in [0.25, 0.3) is 0 Å². The molecule has 0 aliphatic heterocycles. The zero-order valence-corrected chi connectivity index (χ0v) is 5.47. The predicted octanol–water partition coefficient (Wildman–Crippen LogP) is 1.39. The van der Waals surface area contributed by atoms with Gasteiger partial charge in [0.05, 0.1) is 0 Å². The molecule has 1 rings (SSSR count). The van der Waals surface area contributed by atoms with Gasteiger partial charge in [-0.15, -0.1) is 0 Å². The number of nitrogens with zero attached hydrogens (tertiary/aromatic N) is 2. The van der Waals surface area contributed by atoms with Gasteiger partial charge in [0, 0.05) is 1.43 Å². The molecule has 0 saturated carbocycles. The maximum atomic E-state index is 3.75. The smallest absolute Gasteiger partial charge is 0.137 e. The maximum Gasteiger partial charge on any atom is 0.137 e. The lowest BCUT2D eigenvalue weighted by Crippen LogP contribution is -1.68. The maximum absolute atomic E-state index is 3.75. The number of hydrogen-bond donors (Lipinski definition) is 1. The molecule has 1 aromatic rings. The van der Waals surface area contributed by atoms with Crippen LogP contribution in [0.15, 0.2) is 6.33 Å². The van der Waals surface area contributed by atoms with Gasteiger partial charge in [-0.2, -0.15) is 5.10 Å². The van der Waals surface area contributed by atoms with E-state index >= 15 is 0 Å². The number of rotatable bonds is 0. The van der Waals surface area contributed by atoms with E-state index in [-0.39, 0.29) is 1.43 Å². The van der Waals surface area contributed by atoms with Crippen LogP contribution in [0.2, 0.25) is 0 Å². The third-order valence-corrected chi connectivity index (χ3v) is 0.535. The Bertz CT molecular complexity index is 116. The monoisotopic (exact) mass is 115 g/mol. The summed E-state index contributed by atoms with van der Waals surface area (Å²) in [6.45, 7) is 5.85. The number of aromatic amines is 1. The average molecular weight is 115 g/mol. The van der Waals surface area contributed by atoms with Crippen molar-refractivity contribution in [3.05, 3.63) is 12.2 Å². The number of aryl methyl sites for hydroxylation is 1. The number of aromatic nitrogens is 3. The van der Waals surface area contributed by atoms with E-state index in [1.807, 2.05) is 20.8 Å². The van der Waals surface area contributed by atoms with Gasteiger partial charge in [-0.05, 0) is 6.92 Å². The Balaban J connectivity index is 0. The summed E-state index contributed by atoms with van der Waals surface area (Å²) in [5.41, 5.74) is 0. The first kappa shape index (κ1) is 7.14. The zero-order valence-electron chi connectivity index (χ0n) is 5.47. The van der Waals surface area contributed by atoms with E-state index in [9.17, 15) is 0 Å². The topological polar surface area (TPSA) is 41.6 Å². The van der Waals surface area contributed by atoms with Gasteiger partial charge in [-0.1, -0.05) is 13.8 Å². The number of hydrogen-bond acceptors (Lipinski definition) is 2. The minimum Gasteiger partial charge on any atom is -0.264 e. The summed E-state index contributed by atoms with van der Waals surface area (Å²) in [5, 5.41) is 6.22. The van der Waals surface area contributed by atoms with Crippen LogP contribution in [0, 0.1) is 6.92 Å². The Hall–Kier alpha value is -0.860. The van der Waals surface area contributed by atoms with E-state index in [1.165, 1.54) is 6.33 Å². The Morgan fingerprint density at radius 3 is 2.38 bits per heavy atom. The molecule has 3 heteroatoms. The predicted molar refractivity (Wildman–Crippen MR) is 34.6 cm³/mol. The highest BCUT2D eigenvalue weighted by molar-refractivity contribution is 4.70. The highest BCUT2D eigenvalue weighted by atomic mass is 15.2. The number of H-pyrrole nitrogens is 1. The van der Waals surface area contributed by atoms with Gasteiger partial charge < -0.3 is 0 Å². The molecular weight excluding hydrogens is 102 g/mol. The van der Waals surface area contributed by atoms with Crippen LogP contribution in [0.1, 0.15) is 21.1 Å². The van der Waals surface area contributed by atoms with Crippen LogP contribution in [-0.4, -0.2) is 15.2 Å². The minimum absolute atomic E-state index is 0. The van der Waals surface area contributed by atoms with Crippen molar-refractivity contribution < 1.29 is 1.43 Å². The Morgan fingerprint density at radius 2 is 2.25 bits per heavy atom. The lowest BCUT2D eigenvalue weighted by atomic mass is 10.8. The van der Waals surface area contributed by atoms with Crippen molar-refractivity contribution in [3.8, 4) is 0 Å². The molecule has 0 unspecified atom stereocenters. The molecule has 0 bridgehead atoms. The summed E-state index contributed by atoms with van der Waals surface area (Å²) in [5.74, 6) is 0.856. The summed E-state index contributed by atoms with van der Waals surface area (Å²) in [4.78, 5) is 3.75. The van der Waals surface area contributed by atoms with Crippen LogP contribution in [0.3, 0.4) is 0 Å². The fourth-order valence-electron chi connectivity index (χ4n) is 0.267. The first-order valence-corrected chi connectivity index (χ1v) is 2.71. The normalized spacial score (nSPS) is 7.38. The second kappa shape index (κ2) is 4.30. The van der Waals surface area contributed by atoms with Crippen LogP contribution in [-0.2, 0) is 0 Å². The summed E-state index contributed by atoms with van der Waals surface area (Å²) in [6.07, 6.45) is 1.48. The molecule has 0 aromatic carbocycles. The molecule has 0 saturated heterocycles. The molecule has 0 fully saturated rings. The molecule has 0 amide bonds. The summed E-state index contributed by atoms with van der Waals surface area (Å²) >= 11 is 0.